The second-order valence-electron chi connectivity index (χ2n) is 4.12. The van der Waals surface area contributed by atoms with Crippen molar-refractivity contribution in [3.8, 4) is 0 Å². The van der Waals surface area contributed by atoms with Gasteiger partial charge in [-0.1, -0.05) is 0 Å². The Morgan fingerprint density at radius 2 is 1.19 bits per heavy atom. The van der Waals surface area contributed by atoms with Gasteiger partial charge in [0.15, 0.2) is 0 Å². The second kappa shape index (κ2) is 6.51. The monoisotopic (exact) mass is 328 g/mol. The first kappa shape index (κ1) is 13.1. The Labute approximate surface area is 124 Å². The summed E-state index contributed by atoms with van der Waals surface area (Å²) in [5.41, 5.74) is 0. The van der Waals surface area contributed by atoms with Crippen molar-refractivity contribution in [3.05, 3.63) is 0 Å². The first-order valence-corrected chi connectivity index (χ1v) is 11.9. The lowest BCUT2D eigenvalue weighted by Gasteiger charge is -2.36. The average Bonchev–Trinajstić information content (AvgIpc) is 2.06. The van der Waals surface area contributed by atoms with Crippen molar-refractivity contribution >= 4 is 70.6 Å². The van der Waals surface area contributed by atoms with Crippen molar-refractivity contribution in [3.63, 3.8) is 0 Å². The number of hydrogen-bond donors (Lipinski definition) is 0. The van der Waals surface area contributed by atoms with Gasteiger partial charge in [-0.15, -0.1) is 23.5 Å². The maximum atomic E-state index is 2.23. The third-order valence-electron chi connectivity index (χ3n) is 2.76. The zero-order valence-electron chi connectivity index (χ0n) is 9.00. The van der Waals surface area contributed by atoms with Crippen LogP contribution in [0.2, 0.25) is 0 Å². The van der Waals surface area contributed by atoms with Crippen LogP contribution in [0.5, 0.6) is 0 Å². The maximum absolute atomic E-state index is 2.23. The molecule has 3 saturated heterocycles. The summed E-state index contributed by atoms with van der Waals surface area (Å²) in [5, 5.41) is 1.98. The molecule has 0 radical (unpaired) electrons. The highest BCUT2D eigenvalue weighted by Crippen LogP contribution is 2.51. The van der Waals surface area contributed by atoms with E-state index in [9.17, 15) is 0 Å². The minimum absolute atomic E-state index is 0.914. The molecule has 0 spiro atoms. The normalized spacial score (nSPS) is 35.2. The third kappa shape index (κ3) is 3.56. The van der Waals surface area contributed by atoms with Gasteiger partial charge in [0.25, 0.3) is 0 Å². The van der Waals surface area contributed by atoms with Gasteiger partial charge in [0.05, 0.1) is 9.16 Å². The Kier molecular flexibility index (Phi) is 5.33. The number of rotatable bonds is 6. The summed E-state index contributed by atoms with van der Waals surface area (Å²) in [5.74, 6) is 8.41. The molecule has 3 fully saturated rings. The van der Waals surface area contributed by atoms with E-state index in [0.29, 0.717) is 0 Å². The SMILES string of the molecule is C1SCC1SCC1SC(CSC2CSC2)S1. The van der Waals surface area contributed by atoms with Gasteiger partial charge in [-0.05, 0) is 0 Å². The third-order valence-corrected chi connectivity index (χ3v) is 12.9. The van der Waals surface area contributed by atoms with Gasteiger partial charge in [0, 0.05) is 45.0 Å². The minimum Gasteiger partial charge on any atom is -0.160 e. The molecule has 0 nitrogen and oxygen atoms in total. The summed E-state index contributed by atoms with van der Waals surface area (Å²) in [4.78, 5) is 0. The van der Waals surface area contributed by atoms with Gasteiger partial charge in [0.2, 0.25) is 0 Å². The van der Waals surface area contributed by atoms with E-state index >= 15 is 0 Å². The van der Waals surface area contributed by atoms with E-state index < -0.39 is 0 Å². The smallest absolute Gasteiger partial charge is 0.0615 e. The summed E-state index contributed by atoms with van der Waals surface area (Å²) in [6, 6.07) is 0. The summed E-state index contributed by atoms with van der Waals surface area (Å²) < 4.78 is 1.83. The molecule has 6 heteroatoms. The van der Waals surface area contributed by atoms with E-state index in [1.54, 1.807) is 0 Å². The number of thioether (sulfide) groups is 6. The van der Waals surface area contributed by atoms with Crippen LogP contribution in [-0.4, -0.2) is 54.2 Å². The summed E-state index contributed by atoms with van der Waals surface area (Å²) >= 11 is 13.1. The highest BCUT2D eigenvalue weighted by atomic mass is 32.3. The molecule has 0 amide bonds. The zero-order chi connectivity index (χ0) is 10.8. The van der Waals surface area contributed by atoms with Crippen LogP contribution in [0.15, 0.2) is 0 Å². The molecule has 16 heavy (non-hydrogen) atoms. The van der Waals surface area contributed by atoms with Crippen LogP contribution in [0.1, 0.15) is 0 Å². The fourth-order valence-corrected chi connectivity index (χ4v) is 10.1. The minimum atomic E-state index is 0.914. The largest absolute Gasteiger partial charge is 0.160 e. The van der Waals surface area contributed by atoms with E-state index in [0.717, 1.165) is 19.7 Å². The molecule has 3 aliphatic heterocycles. The van der Waals surface area contributed by atoms with Crippen molar-refractivity contribution in [2.75, 3.05) is 34.5 Å². The van der Waals surface area contributed by atoms with Crippen molar-refractivity contribution in [1.29, 1.82) is 0 Å². The lowest BCUT2D eigenvalue weighted by Crippen LogP contribution is -2.29. The Morgan fingerprint density at radius 1 is 0.750 bits per heavy atom. The van der Waals surface area contributed by atoms with Crippen molar-refractivity contribution < 1.29 is 0 Å². The van der Waals surface area contributed by atoms with Crippen LogP contribution >= 0.6 is 70.6 Å². The second-order valence-corrected chi connectivity index (χ2v) is 12.4. The molecule has 0 bridgehead atoms. The molecule has 0 N–H and O–H groups in total. The predicted molar refractivity (Wildman–Crippen MR) is 89.9 cm³/mol. The molecular formula is C10H16S6. The van der Waals surface area contributed by atoms with E-state index in [2.05, 4.69) is 70.6 Å². The van der Waals surface area contributed by atoms with Crippen molar-refractivity contribution in [2.24, 2.45) is 0 Å². The standard InChI is InChI=1S/C10H16S6/c1-7(2-11-1)13-5-9-15-10(16-9)6-14-8-3-12-4-8/h7-10H,1-6H2. The topological polar surface area (TPSA) is 0 Å². The van der Waals surface area contributed by atoms with Gasteiger partial charge < -0.3 is 0 Å². The number of hydrogen-bond acceptors (Lipinski definition) is 6. The maximum Gasteiger partial charge on any atom is 0.0615 e. The molecule has 0 aliphatic carbocycles. The fraction of sp³-hybridized carbons (Fsp3) is 1.00. The summed E-state index contributed by atoms with van der Waals surface area (Å²) in [7, 11) is 0. The van der Waals surface area contributed by atoms with Crippen LogP contribution in [0.3, 0.4) is 0 Å². The van der Waals surface area contributed by atoms with E-state index in [-0.39, 0.29) is 0 Å². The fourth-order valence-electron chi connectivity index (χ4n) is 1.56. The van der Waals surface area contributed by atoms with Crippen LogP contribution in [0.25, 0.3) is 0 Å². The first-order valence-electron chi connectivity index (χ1n) is 5.60. The summed E-state index contributed by atoms with van der Waals surface area (Å²) in [6.07, 6.45) is 0. The molecule has 0 aromatic carbocycles. The average molecular weight is 329 g/mol. The first-order chi connectivity index (χ1) is 7.90. The highest BCUT2D eigenvalue weighted by Gasteiger charge is 2.33. The van der Waals surface area contributed by atoms with Crippen molar-refractivity contribution in [1.82, 2.24) is 0 Å². The van der Waals surface area contributed by atoms with Gasteiger partial charge in [-0.25, -0.2) is 0 Å². The Morgan fingerprint density at radius 3 is 1.50 bits per heavy atom. The van der Waals surface area contributed by atoms with Gasteiger partial charge in [0.1, 0.15) is 0 Å². The molecule has 0 aromatic heterocycles. The Bertz CT molecular complexity index is 199. The molecule has 0 aromatic rings. The van der Waals surface area contributed by atoms with E-state index in [4.69, 9.17) is 0 Å². The molecule has 0 atom stereocenters. The lowest BCUT2D eigenvalue weighted by molar-refractivity contribution is 1.08. The lowest BCUT2D eigenvalue weighted by atomic mass is 10.5. The quantitative estimate of drug-likeness (QED) is 0.722. The summed E-state index contributed by atoms with van der Waals surface area (Å²) in [6.45, 7) is 0. The van der Waals surface area contributed by atoms with Crippen LogP contribution in [-0.2, 0) is 0 Å². The van der Waals surface area contributed by atoms with Crippen LogP contribution < -0.4 is 0 Å². The van der Waals surface area contributed by atoms with Crippen LogP contribution in [0, 0.1) is 0 Å². The van der Waals surface area contributed by atoms with Gasteiger partial charge >= 0.3 is 0 Å². The molecule has 0 saturated carbocycles. The van der Waals surface area contributed by atoms with Gasteiger partial charge in [-0.3, -0.25) is 0 Å². The molecular weight excluding hydrogens is 313 g/mol. The van der Waals surface area contributed by atoms with E-state index in [1.807, 2.05) is 0 Å². The highest BCUT2D eigenvalue weighted by molar-refractivity contribution is 8.34. The Hall–Kier alpha value is 2.10. The predicted octanol–water partition coefficient (Wildman–Crippen LogP) is 3.82. The molecule has 3 rings (SSSR count). The van der Waals surface area contributed by atoms with Gasteiger partial charge in [-0.2, -0.15) is 47.0 Å². The molecule has 92 valence electrons. The molecule has 3 aliphatic rings. The van der Waals surface area contributed by atoms with E-state index in [1.165, 1.54) is 34.5 Å². The van der Waals surface area contributed by atoms with Crippen molar-refractivity contribution in [2.45, 2.75) is 19.7 Å². The Balaban J connectivity index is 1.21. The molecule has 0 unspecified atom stereocenters. The molecule has 3 heterocycles. The van der Waals surface area contributed by atoms with Crippen LogP contribution in [0.4, 0.5) is 0 Å². The zero-order valence-corrected chi connectivity index (χ0v) is 13.9.